The number of hydrogen-bond acceptors (Lipinski definition) is 6. The Morgan fingerprint density at radius 3 is 2.71 bits per heavy atom. The van der Waals surface area contributed by atoms with E-state index in [1.54, 1.807) is 11.3 Å². The van der Waals surface area contributed by atoms with Gasteiger partial charge in [-0.05, 0) is 49.7 Å². The van der Waals surface area contributed by atoms with Crippen LogP contribution in [0.3, 0.4) is 0 Å². The molecule has 0 spiro atoms. The molecule has 6 rings (SSSR count). The minimum absolute atomic E-state index is 0.105. The summed E-state index contributed by atoms with van der Waals surface area (Å²) in [6.07, 6.45) is 1.95. The van der Waals surface area contributed by atoms with E-state index in [0.29, 0.717) is 33.0 Å². The monoisotopic (exact) mass is 518 g/mol. The third kappa shape index (κ3) is 3.85. The molecule has 2 aromatic carbocycles. The largest absolute Gasteiger partial charge is 0.360 e. The van der Waals surface area contributed by atoms with Crippen LogP contribution in [0.15, 0.2) is 64.7 Å². The van der Waals surface area contributed by atoms with Gasteiger partial charge in [0.15, 0.2) is 11.0 Å². The lowest BCUT2D eigenvalue weighted by atomic mass is 10.1. The first-order valence-electron chi connectivity index (χ1n) is 10.9. The number of aromatic amines is 2. The first-order chi connectivity index (χ1) is 17.0. The van der Waals surface area contributed by atoms with E-state index in [2.05, 4.69) is 26.2 Å². The summed E-state index contributed by atoms with van der Waals surface area (Å²) in [5, 5.41) is 12.1. The number of H-pyrrole nitrogens is 2. The molecule has 0 atom stereocenters. The van der Waals surface area contributed by atoms with Gasteiger partial charge < -0.3 is 9.97 Å². The Labute approximate surface area is 213 Å². The summed E-state index contributed by atoms with van der Waals surface area (Å²) in [5.74, 6) is 1.77. The number of halogens is 1. The van der Waals surface area contributed by atoms with Crippen LogP contribution in [0.4, 0.5) is 0 Å². The van der Waals surface area contributed by atoms with E-state index in [4.69, 9.17) is 16.6 Å². The number of para-hydroxylation sites is 1. The Bertz CT molecular complexity index is 1760. The molecular formula is C25H19ClN6OS2. The molecule has 2 N–H and O–H groups in total. The van der Waals surface area contributed by atoms with Gasteiger partial charge in [-0.3, -0.25) is 9.36 Å². The van der Waals surface area contributed by atoms with Gasteiger partial charge in [-0.25, -0.2) is 4.98 Å². The molecule has 35 heavy (non-hydrogen) atoms. The average molecular weight is 519 g/mol. The molecule has 0 bridgehead atoms. The molecule has 0 saturated carbocycles. The van der Waals surface area contributed by atoms with Crippen molar-refractivity contribution >= 4 is 55.8 Å². The smallest absolute Gasteiger partial charge is 0.259 e. The number of nitrogens with zero attached hydrogens (tertiary/aromatic N) is 4. The minimum Gasteiger partial charge on any atom is -0.360 e. The van der Waals surface area contributed by atoms with Crippen LogP contribution in [0, 0.1) is 13.8 Å². The molecule has 0 unspecified atom stereocenters. The van der Waals surface area contributed by atoms with E-state index in [1.165, 1.54) is 11.8 Å². The summed E-state index contributed by atoms with van der Waals surface area (Å²) >= 11 is 9.17. The predicted octanol–water partition coefficient (Wildman–Crippen LogP) is 6.28. The summed E-state index contributed by atoms with van der Waals surface area (Å²) in [6, 6.07) is 15.7. The second-order valence-corrected chi connectivity index (χ2v) is 10.7. The van der Waals surface area contributed by atoms with E-state index in [-0.39, 0.29) is 5.56 Å². The second kappa shape index (κ2) is 8.67. The summed E-state index contributed by atoms with van der Waals surface area (Å²) in [4.78, 5) is 25.5. The number of nitrogens with one attached hydrogen (secondary N) is 2. The Kier molecular flexibility index (Phi) is 5.47. The topological polar surface area (TPSA) is 92.2 Å². The van der Waals surface area contributed by atoms with E-state index in [9.17, 15) is 4.79 Å². The minimum atomic E-state index is -0.105. The number of thiophene rings is 1. The van der Waals surface area contributed by atoms with Gasteiger partial charge in [-0.15, -0.1) is 21.5 Å². The van der Waals surface area contributed by atoms with Gasteiger partial charge in [0.05, 0.1) is 11.1 Å². The number of benzene rings is 2. The van der Waals surface area contributed by atoms with Crippen molar-refractivity contribution in [3.63, 3.8) is 0 Å². The lowest BCUT2D eigenvalue weighted by Gasteiger charge is -2.10. The number of aromatic nitrogens is 6. The molecule has 0 aliphatic rings. The summed E-state index contributed by atoms with van der Waals surface area (Å²) < 4.78 is 2.01. The third-order valence-electron chi connectivity index (χ3n) is 5.97. The fraction of sp³-hybridized carbons (Fsp3) is 0.120. The standard InChI is InChI=1S/C25H19ClN6OS2/c1-13-14(2)35-24-21(13)23(33)28-20(29-24)12-34-25-31-30-22(32(25)16-9-7-15(26)8-10-16)18-11-27-19-6-4-3-5-17(18)19/h3-11,27H,12H2,1-2H3,(H,28,29,33). The van der Waals surface area contributed by atoms with Crippen LogP contribution in [0.25, 0.3) is 38.2 Å². The molecule has 4 heterocycles. The Balaban J connectivity index is 1.42. The van der Waals surface area contributed by atoms with Crippen LogP contribution in [-0.2, 0) is 5.75 Å². The number of rotatable bonds is 5. The predicted molar refractivity (Wildman–Crippen MR) is 143 cm³/mol. The maximum Gasteiger partial charge on any atom is 0.259 e. The van der Waals surface area contributed by atoms with E-state index in [1.807, 2.05) is 67.1 Å². The van der Waals surface area contributed by atoms with Gasteiger partial charge in [0.2, 0.25) is 0 Å². The van der Waals surface area contributed by atoms with E-state index in [0.717, 1.165) is 37.4 Å². The highest BCUT2D eigenvalue weighted by Gasteiger charge is 2.20. The maximum absolute atomic E-state index is 12.7. The van der Waals surface area contributed by atoms with Gasteiger partial charge >= 0.3 is 0 Å². The Hall–Kier alpha value is -3.40. The van der Waals surface area contributed by atoms with Crippen molar-refractivity contribution in [3.8, 4) is 17.1 Å². The van der Waals surface area contributed by atoms with Gasteiger partial charge in [0.1, 0.15) is 10.7 Å². The number of fused-ring (bicyclic) bond motifs is 2. The maximum atomic E-state index is 12.7. The van der Waals surface area contributed by atoms with Crippen LogP contribution in [0.1, 0.15) is 16.3 Å². The lowest BCUT2D eigenvalue weighted by molar-refractivity contribution is 0.883. The zero-order valence-corrected chi connectivity index (χ0v) is 21.2. The van der Waals surface area contributed by atoms with Crippen molar-refractivity contribution in [1.82, 2.24) is 29.7 Å². The summed E-state index contributed by atoms with van der Waals surface area (Å²) in [5.41, 5.74) is 3.75. The SMILES string of the molecule is Cc1sc2nc(CSc3nnc(-c4c[nH]c5ccccc45)n3-c3ccc(Cl)cc3)[nH]c(=O)c2c1C. The van der Waals surface area contributed by atoms with Crippen molar-refractivity contribution in [2.24, 2.45) is 0 Å². The summed E-state index contributed by atoms with van der Waals surface area (Å²) in [7, 11) is 0. The van der Waals surface area contributed by atoms with Crippen LogP contribution in [0.2, 0.25) is 5.02 Å². The van der Waals surface area contributed by atoms with Gasteiger partial charge in [0, 0.05) is 38.3 Å². The van der Waals surface area contributed by atoms with Crippen molar-refractivity contribution in [3.05, 3.63) is 86.4 Å². The second-order valence-electron chi connectivity index (χ2n) is 8.13. The normalized spacial score (nSPS) is 11.6. The van der Waals surface area contributed by atoms with Crippen molar-refractivity contribution in [2.75, 3.05) is 0 Å². The molecule has 0 aliphatic heterocycles. The zero-order valence-electron chi connectivity index (χ0n) is 18.8. The lowest BCUT2D eigenvalue weighted by Crippen LogP contribution is -2.11. The molecule has 0 radical (unpaired) electrons. The number of hydrogen-bond donors (Lipinski definition) is 2. The summed E-state index contributed by atoms with van der Waals surface area (Å²) in [6.45, 7) is 3.97. The van der Waals surface area contributed by atoms with E-state index < -0.39 is 0 Å². The average Bonchev–Trinajstić information content (AvgIpc) is 3.54. The van der Waals surface area contributed by atoms with Gasteiger partial charge in [0.25, 0.3) is 5.56 Å². The van der Waals surface area contributed by atoms with Crippen molar-refractivity contribution < 1.29 is 0 Å². The molecule has 0 aliphatic carbocycles. The Morgan fingerprint density at radius 2 is 1.89 bits per heavy atom. The van der Waals surface area contributed by atoms with Crippen LogP contribution in [-0.4, -0.2) is 29.7 Å². The van der Waals surface area contributed by atoms with E-state index >= 15 is 0 Å². The highest BCUT2D eigenvalue weighted by molar-refractivity contribution is 7.98. The number of thioether (sulfide) groups is 1. The van der Waals surface area contributed by atoms with Crippen LogP contribution in [0.5, 0.6) is 0 Å². The van der Waals surface area contributed by atoms with Crippen LogP contribution >= 0.6 is 34.7 Å². The fourth-order valence-corrected chi connectivity index (χ4v) is 6.11. The molecule has 0 saturated heterocycles. The zero-order chi connectivity index (χ0) is 24.1. The first kappa shape index (κ1) is 22.1. The van der Waals surface area contributed by atoms with Gasteiger partial charge in [-0.1, -0.05) is 41.6 Å². The van der Waals surface area contributed by atoms with Gasteiger partial charge in [-0.2, -0.15) is 0 Å². The highest BCUT2D eigenvalue weighted by Crippen LogP contribution is 2.34. The third-order valence-corrected chi connectivity index (χ3v) is 8.27. The molecular weight excluding hydrogens is 500 g/mol. The Morgan fingerprint density at radius 1 is 1.09 bits per heavy atom. The quantitative estimate of drug-likeness (QED) is 0.262. The molecule has 4 aromatic heterocycles. The molecule has 174 valence electrons. The molecule has 7 nitrogen and oxygen atoms in total. The number of aryl methyl sites for hydroxylation is 2. The fourth-order valence-electron chi connectivity index (χ4n) is 4.12. The molecule has 0 amide bonds. The molecule has 10 heteroatoms. The molecule has 0 fully saturated rings. The first-order valence-corrected chi connectivity index (χ1v) is 13.1. The van der Waals surface area contributed by atoms with Crippen LogP contribution < -0.4 is 5.56 Å². The molecule has 6 aromatic rings. The van der Waals surface area contributed by atoms with Crippen molar-refractivity contribution in [2.45, 2.75) is 24.8 Å². The highest BCUT2D eigenvalue weighted by atomic mass is 35.5. The van der Waals surface area contributed by atoms with Crippen molar-refractivity contribution in [1.29, 1.82) is 0 Å².